The van der Waals surface area contributed by atoms with E-state index < -0.39 is 11.8 Å². The van der Waals surface area contributed by atoms with Crippen molar-refractivity contribution >= 4 is 23.9 Å². The maximum absolute atomic E-state index is 10.9. The second kappa shape index (κ2) is 5.59. The number of hydrogen-bond acceptors (Lipinski definition) is 5. The van der Waals surface area contributed by atoms with Gasteiger partial charge in [-0.2, -0.15) is 0 Å². The first-order valence-corrected chi connectivity index (χ1v) is 4.76. The van der Waals surface area contributed by atoms with E-state index in [4.69, 9.17) is 11.5 Å². The Bertz CT molecular complexity index is 431. The van der Waals surface area contributed by atoms with E-state index in [2.05, 4.69) is 4.98 Å². The lowest BCUT2D eigenvalue weighted by Crippen LogP contribution is -2.40. The molecule has 0 saturated carbocycles. The molecule has 0 aromatic carbocycles. The highest BCUT2D eigenvalue weighted by Crippen LogP contribution is 2.14. The molecule has 2 amide bonds. The average molecular weight is 236 g/mol. The molecule has 0 fully saturated rings. The summed E-state index contributed by atoms with van der Waals surface area (Å²) in [6.45, 7) is -0.471. The van der Waals surface area contributed by atoms with Gasteiger partial charge in [-0.1, -0.05) is 0 Å². The van der Waals surface area contributed by atoms with Crippen LogP contribution in [0.4, 0.5) is 5.82 Å². The maximum atomic E-state index is 10.9. The van der Waals surface area contributed by atoms with Crippen LogP contribution in [0.5, 0.6) is 0 Å². The Morgan fingerprint density at radius 1 is 1.29 bits per heavy atom. The van der Waals surface area contributed by atoms with Crippen LogP contribution in [0.2, 0.25) is 0 Å². The largest absolute Gasteiger partial charge is 0.368 e. The second-order valence-corrected chi connectivity index (χ2v) is 3.32. The third-order valence-corrected chi connectivity index (χ3v) is 1.94. The van der Waals surface area contributed by atoms with E-state index in [9.17, 15) is 14.4 Å². The number of primary amides is 2. The van der Waals surface area contributed by atoms with Gasteiger partial charge in [0.05, 0.1) is 18.7 Å². The lowest BCUT2D eigenvalue weighted by Gasteiger charge is -2.21. The van der Waals surface area contributed by atoms with Gasteiger partial charge in [0.25, 0.3) is 0 Å². The lowest BCUT2D eigenvalue weighted by atomic mass is 10.2. The highest BCUT2D eigenvalue weighted by Gasteiger charge is 2.16. The topological polar surface area (TPSA) is 119 Å². The van der Waals surface area contributed by atoms with Crippen molar-refractivity contribution < 1.29 is 14.4 Å². The third kappa shape index (κ3) is 3.56. The van der Waals surface area contributed by atoms with Gasteiger partial charge in [-0.05, 0) is 12.1 Å². The first kappa shape index (κ1) is 12.6. The van der Waals surface area contributed by atoms with Crippen molar-refractivity contribution in [1.82, 2.24) is 4.98 Å². The summed E-state index contributed by atoms with van der Waals surface area (Å²) < 4.78 is 0. The monoisotopic (exact) mass is 236 g/mol. The quantitative estimate of drug-likeness (QED) is 0.593. The van der Waals surface area contributed by atoms with Gasteiger partial charge in [-0.3, -0.25) is 14.4 Å². The van der Waals surface area contributed by atoms with E-state index in [0.29, 0.717) is 6.29 Å². The zero-order valence-electron chi connectivity index (χ0n) is 9.00. The van der Waals surface area contributed by atoms with Crippen LogP contribution >= 0.6 is 0 Å². The molecule has 90 valence electrons. The number of amides is 2. The fraction of sp³-hybridized carbons (Fsp3) is 0.200. The molecule has 0 aliphatic carbocycles. The predicted octanol–water partition coefficient (Wildman–Crippen LogP) is -1.33. The summed E-state index contributed by atoms with van der Waals surface area (Å²) in [5.41, 5.74) is 10.4. The first-order chi connectivity index (χ1) is 8.04. The van der Waals surface area contributed by atoms with Gasteiger partial charge in [0.15, 0.2) is 6.29 Å². The Morgan fingerprint density at radius 2 is 1.88 bits per heavy atom. The van der Waals surface area contributed by atoms with Gasteiger partial charge < -0.3 is 16.4 Å². The molecule has 7 heteroatoms. The van der Waals surface area contributed by atoms with Gasteiger partial charge in [0, 0.05) is 6.20 Å². The summed E-state index contributed by atoms with van der Waals surface area (Å²) in [6, 6.07) is 3.09. The third-order valence-electron chi connectivity index (χ3n) is 1.94. The van der Waals surface area contributed by atoms with Crippen LogP contribution in [0.25, 0.3) is 0 Å². The number of carbonyl (C=O) groups is 3. The molecular formula is C10H12N4O3. The van der Waals surface area contributed by atoms with Gasteiger partial charge in [0.1, 0.15) is 5.82 Å². The summed E-state index contributed by atoms with van der Waals surface area (Å²) in [5, 5.41) is 0. The molecule has 0 atom stereocenters. The fourth-order valence-corrected chi connectivity index (χ4v) is 1.35. The highest BCUT2D eigenvalue weighted by molar-refractivity contribution is 5.89. The predicted molar refractivity (Wildman–Crippen MR) is 60.2 cm³/mol. The van der Waals surface area contributed by atoms with Crippen LogP contribution < -0.4 is 16.4 Å². The standard InChI is InChI=1S/C10H12N4O3/c11-8(16)4-14(5-9(12)17)10-7(6-15)2-1-3-13-10/h1-3,6H,4-5H2,(H2,11,16)(H2,12,17). The van der Waals surface area contributed by atoms with Crippen molar-refractivity contribution in [2.24, 2.45) is 11.5 Å². The first-order valence-electron chi connectivity index (χ1n) is 4.76. The Kier molecular flexibility index (Phi) is 4.15. The number of aromatic nitrogens is 1. The van der Waals surface area contributed by atoms with E-state index in [-0.39, 0.29) is 24.5 Å². The van der Waals surface area contributed by atoms with E-state index >= 15 is 0 Å². The number of anilines is 1. The number of nitrogens with zero attached hydrogens (tertiary/aromatic N) is 2. The minimum absolute atomic E-state index is 0.208. The van der Waals surface area contributed by atoms with Crippen molar-refractivity contribution in [2.75, 3.05) is 18.0 Å². The zero-order valence-corrected chi connectivity index (χ0v) is 9.00. The molecule has 0 radical (unpaired) electrons. The van der Waals surface area contributed by atoms with Crippen molar-refractivity contribution in [3.63, 3.8) is 0 Å². The van der Waals surface area contributed by atoms with E-state index in [1.807, 2.05) is 0 Å². The van der Waals surface area contributed by atoms with Crippen molar-refractivity contribution in [3.8, 4) is 0 Å². The molecule has 0 aliphatic rings. The van der Waals surface area contributed by atoms with Crippen molar-refractivity contribution in [2.45, 2.75) is 0 Å². The van der Waals surface area contributed by atoms with Crippen LogP contribution in [0.3, 0.4) is 0 Å². The van der Waals surface area contributed by atoms with Crippen LogP contribution in [-0.2, 0) is 9.59 Å². The van der Waals surface area contributed by atoms with Crippen molar-refractivity contribution in [3.05, 3.63) is 23.9 Å². The SMILES string of the molecule is NC(=O)CN(CC(N)=O)c1ncccc1C=O. The number of hydrogen-bond donors (Lipinski definition) is 2. The summed E-state index contributed by atoms with van der Waals surface area (Å²) in [5.74, 6) is -1.08. The highest BCUT2D eigenvalue weighted by atomic mass is 16.2. The normalized spacial score (nSPS) is 9.65. The Labute approximate surface area is 97.4 Å². The van der Waals surface area contributed by atoms with Gasteiger partial charge in [0.2, 0.25) is 11.8 Å². The Hall–Kier alpha value is -2.44. The number of aldehydes is 1. The number of pyridine rings is 1. The van der Waals surface area contributed by atoms with E-state index in [1.54, 1.807) is 6.07 Å². The summed E-state index contributed by atoms with van der Waals surface area (Å²) in [6.07, 6.45) is 2.02. The number of rotatable bonds is 6. The summed E-state index contributed by atoms with van der Waals surface area (Å²) >= 11 is 0. The van der Waals surface area contributed by atoms with Crippen LogP contribution in [0.1, 0.15) is 10.4 Å². The van der Waals surface area contributed by atoms with Crippen LogP contribution in [0, 0.1) is 0 Å². The molecule has 1 aromatic heterocycles. The molecule has 0 aliphatic heterocycles. The smallest absolute Gasteiger partial charge is 0.237 e. The van der Waals surface area contributed by atoms with E-state index in [1.165, 1.54) is 17.2 Å². The summed E-state index contributed by atoms with van der Waals surface area (Å²) in [7, 11) is 0. The Balaban J connectivity index is 3.06. The zero-order chi connectivity index (χ0) is 12.8. The molecule has 0 unspecified atom stereocenters. The molecule has 0 saturated heterocycles. The molecule has 1 rings (SSSR count). The minimum atomic E-state index is -0.645. The molecule has 1 heterocycles. The van der Waals surface area contributed by atoms with Crippen LogP contribution in [0.15, 0.2) is 18.3 Å². The summed E-state index contributed by atoms with van der Waals surface area (Å²) in [4.78, 5) is 37.8. The molecular weight excluding hydrogens is 224 g/mol. The lowest BCUT2D eigenvalue weighted by molar-refractivity contribution is -0.117. The van der Waals surface area contributed by atoms with E-state index in [0.717, 1.165) is 0 Å². The number of nitrogens with two attached hydrogens (primary N) is 2. The molecule has 0 bridgehead atoms. The maximum Gasteiger partial charge on any atom is 0.237 e. The van der Waals surface area contributed by atoms with Crippen LogP contribution in [-0.4, -0.2) is 36.2 Å². The molecule has 1 aromatic rings. The molecule has 17 heavy (non-hydrogen) atoms. The van der Waals surface area contributed by atoms with Gasteiger partial charge >= 0.3 is 0 Å². The second-order valence-electron chi connectivity index (χ2n) is 3.32. The van der Waals surface area contributed by atoms with Gasteiger partial charge in [-0.25, -0.2) is 4.98 Å². The molecule has 4 N–H and O–H groups in total. The number of carbonyl (C=O) groups excluding carboxylic acids is 3. The fourth-order valence-electron chi connectivity index (χ4n) is 1.35. The molecule has 0 spiro atoms. The van der Waals surface area contributed by atoms with Crippen molar-refractivity contribution in [1.29, 1.82) is 0 Å². The Morgan fingerprint density at radius 3 is 2.35 bits per heavy atom. The van der Waals surface area contributed by atoms with Gasteiger partial charge in [-0.15, -0.1) is 0 Å². The minimum Gasteiger partial charge on any atom is -0.368 e. The average Bonchev–Trinajstić information content (AvgIpc) is 2.27. The molecule has 7 nitrogen and oxygen atoms in total.